The average molecular weight is 498 g/mol. The zero-order chi connectivity index (χ0) is 25.3. The van der Waals surface area contributed by atoms with Crippen LogP contribution in [0, 0.1) is 26.7 Å². The van der Waals surface area contributed by atoms with E-state index in [9.17, 15) is 22.8 Å². The van der Waals surface area contributed by atoms with Crippen molar-refractivity contribution in [1.82, 2.24) is 9.21 Å². The van der Waals surface area contributed by atoms with E-state index >= 15 is 0 Å². The highest BCUT2D eigenvalue weighted by Crippen LogP contribution is 2.29. The SMILES string of the molecule is Cc1cc(C)c(S(=O)(=O)N2CCC(C(=O)Nc3ccc(CN4C(=O)CCC4=O)cc3)CC2)c(C)c1. The first-order valence-corrected chi connectivity index (χ1v) is 13.3. The Labute approximate surface area is 206 Å². The molecule has 2 aromatic rings. The summed E-state index contributed by atoms with van der Waals surface area (Å²) < 4.78 is 28.1. The van der Waals surface area contributed by atoms with Crippen molar-refractivity contribution < 1.29 is 22.8 Å². The molecule has 8 nitrogen and oxygen atoms in total. The third-order valence-corrected chi connectivity index (χ3v) is 8.95. The van der Waals surface area contributed by atoms with Crippen molar-refractivity contribution in [3.63, 3.8) is 0 Å². The van der Waals surface area contributed by atoms with E-state index < -0.39 is 10.0 Å². The monoisotopic (exact) mass is 497 g/mol. The van der Waals surface area contributed by atoms with E-state index in [4.69, 9.17) is 0 Å². The Morgan fingerprint density at radius 3 is 2.03 bits per heavy atom. The average Bonchev–Trinajstić information content (AvgIpc) is 3.11. The smallest absolute Gasteiger partial charge is 0.243 e. The lowest BCUT2D eigenvalue weighted by molar-refractivity contribution is -0.139. The molecule has 0 radical (unpaired) electrons. The maximum atomic E-state index is 13.3. The molecule has 9 heteroatoms. The minimum Gasteiger partial charge on any atom is -0.326 e. The third-order valence-electron chi connectivity index (χ3n) is 6.74. The summed E-state index contributed by atoms with van der Waals surface area (Å²) >= 11 is 0. The lowest BCUT2D eigenvalue weighted by Crippen LogP contribution is -2.41. The molecule has 3 amide bonds. The second-order valence-corrected chi connectivity index (χ2v) is 11.3. The third kappa shape index (κ3) is 5.31. The number of piperidine rings is 1. The predicted molar refractivity (Wildman–Crippen MR) is 132 cm³/mol. The largest absolute Gasteiger partial charge is 0.326 e. The fraction of sp³-hybridized carbons (Fsp3) is 0.423. The molecule has 0 aliphatic carbocycles. The van der Waals surface area contributed by atoms with Gasteiger partial charge in [0.05, 0.1) is 11.4 Å². The normalized spacial score (nSPS) is 17.7. The van der Waals surface area contributed by atoms with Crippen molar-refractivity contribution in [2.24, 2.45) is 5.92 Å². The maximum Gasteiger partial charge on any atom is 0.243 e. The number of anilines is 1. The van der Waals surface area contributed by atoms with Gasteiger partial charge in [-0.1, -0.05) is 29.8 Å². The first-order chi connectivity index (χ1) is 16.6. The second kappa shape index (κ2) is 9.91. The molecule has 2 saturated heterocycles. The highest BCUT2D eigenvalue weighted by molar-refractivity contribution is 7.89. The van der Waals surface area contributed by atoms with Crippen LogP contribution in [0.15, 0.2) is 41.3 Å². The lowest BCUT2D eigenvalue weighted by Gasteiger charge is -2.31. The number of carbonyl (C=O) groups is 3. The van der Waals surface area contributed by atoms with Gasteiger partial charge in [0.15, 0.2) is 0 Å². The molecule has 0 bridgehead atoms. The lowest BCUT2D eigenvalue weighted by atomic mass is 9.97. The van der Waals surface area contributed by atoms with Gasteiger partial charge >= 0.3 is 0 Å². The van der Waals surface area contributed by atoms with E-state index in [0.717, 1.165) is 22.3 Å². The fourth-order valence-corrected chi connectivity index (χ4v) is 6.86. The summed E-state index contributed by atoms with van der Waals surface area (Å²) in [6, 6.07) is 10.8. The summed E-state index contributed by atoms with van der Waals surface area (Å²) in [7, 11) is -3.62. The molecule has 2 aliphatic heterocycles. The Hall–Kier alpha value is -3.04. The molecule has 4 rings (SSSR count). The molecule has 0 unspecified atom stereocenters. The molecule has 2 aliphatic rings. The van der Waals surface area contributed by atoms with Crippen LogP contribution in [0.1, 0.15) is 47.9 Å². The molecule has 2 fully saturated rings. The van der Waals surface area contributed by atoms with Gasteiger partial charge in [-0.25, -0.2) is 8.42 Å². The van der Waals surface area contributed by atoms with E-state index in [-0.39, 0.29) is 43.0 Å². The summed E-state index contributed by atoms with van der Waals surface area (Å²) in [6.07, 6.45) is 1.42. The number of nitrogens with one attached hydrogen (secondary N) is 1. The molecule has 1 N–H and O–H groups in total. The van der Waals surface area contributed by atoms with Crippen LogP contribution >= 0.6 is 0 Å². The summed E-state index contributed by atoms with van der Waals surface area (Å²) in [5.41, 5.74) is 3.94. The van der Waals surface area contributed by atoms with Crippen molar-refractivity contribution in [2.45, 2.75) is 57.9 Å². The molecule has 186 valence electrons. The highest BCUT2D eigenvalue weighted by atomic mass is 32.2. The molecule has 0 spiro atoms. The Balaban J connectivity index is 1.34. The summed E-state index contributed by atoms with van der Waals surface area (Å²) in [4.78, 5) is 38.0. The zero-order valence-corrected chi connectivity index (χ0v) is 21.2. The van der Waals surface area contributed by atoms with Crippen LogP contribution < -0.4 is 5.32 Å². The van der Waals surface area contributed by atoms with Crippen molar-refractivity contribution in [3.8, 4) is 0 Å². The molecular weight excluding hydrogens is 466 g/mol. The van der Waals surface area contributed by atoms with Crippen molar-refractivity contribution in [2.75, 3.05) is 18.4 Å². The summed E-state index contributed by atoms with van der Waals surface area (Å²) in [5, 5.41) is 2.91. The molecule has 0 atom stereocenters. The number of imide groups is 1. The zero-order valence-electron chi connectivity index (χ0n) is 20.3. The number of likely N-dealkylation sites (tertiary alicyclic amines) is 1. The van der Waals surface area contributed by atoms with Crippen LogP contribution in [0.3, 0.4) is 0 Å². The van der Waals surface area contributed by atoms with E-state index in [0.29, 0.717) is 36.5 Å². The van der Waals surface area contributed by atoms with Gasteiger partial charge in [0.2, 0.25) is 27.7 Å². The van der Waals surface area contributed by atoms with Gasteiger partial charge in [-0.15, -0.1) is 0 Å². The topological polar surface area (TPSA) is 104 Å². The fourth-order valence-electron chi connectivity index (χ4n) is 4.98. The second-order valence-electron chi connectivity index (χ2n) is 9.47. The summed E-state index contributed by atoms with van der Waals surface area (Å²) in [5.74, 6) is -0.731. The van der Waals surface area contributed by atoms with Gasteiger partial charge in [-0.2, -0.15) is 4.31 Å². The number of carbonyl (C=O) groups excluding carboxylic acids is 3. The number of aryl methyl sites for hydroxylation is 3. The Bertz CT molecular complexity index is 1220. The van der Waals surface area contributed by atoms with Gasteiger partial charge in [0.25, 0.3) is 0 Å². The van der Waals surface area contributed by atoms with Crippen LogP contribution in [0.4, 0.5) is 5.69 Å². The molecule has 0 aromatic heterocycles. The van der Waals surface area contributed by atoms with Gasteiger partial charge in [0.1, 0.15) is 0 Å². The van der Waals surface area contributed by atoms with E-state index in [2.05, 4.69) is 5.32 Å². The van der Waals surface area contributed by atoms with Gasteiger partial charge in [0, 0.05) is 37.5 Å². The van der Waals surface area contributed by atoms with Gasteiger partial charge in [-0.3, -0.25) is 19.3 Å². The molecule has 35 heavy (non-hydrogen) atoms. The highest BCUT2D eigenvalue weighted by Gasteiger charge is 2.34. The van der Waals surface area contributed by atoms with Crippen molar-refractivity contribution in [3.05, 3.63) is 58.7 Å². The maximum absolute atomic E-state index is 13.3. The predicted octanol–water partition coefficient (Wildman–Crippen LogP) is 3.30. The molecular formula is C26H31N3O5S. The van der Waals surface area contributed by atoms with Crippen LogP contribution in [-0.2, 0) is 31.0 Å². The molecule has 2 heterocycles. The number of benzene rings is 2. The summed E-state index contributed by atoms with van der Waals surface area (Å²) in [6.45, 7) is 6.41. The Morgan fingerprint density at radius 1 is 0.943 bits per heavy atom. The van der Waals surface area contributed by atoms with Crippen LogP contribution in [0.2, 0.25) is 0 Å². The number of nitrogens with zero attached hydrogens (tertiary/aromatic N) is 2. The minimum atomic E-state index is -3.62. The van der Waals surface area contributed by atoms with Gasteiger partial charge < -0.3 is 5.32 Å². The van der Waals surface area contributed by atoms with Crippen LogP contribution in [0.5, 0.6) is 0 Å². The number of hydrogen-bond acceptors (Lipinski definition) is 5. The Morgan fingerprint density at radius 2 is 1.49 bits per heavy atom. The van der Waals surface area contributed by atoms with E-state index in [1.807, 2.05) is 32.9 Å². The van der Waals surface area contributed by atoms with Crippen molar-refractivity contribution >= 4 is 33.4 Å². The Kier molecular flexibility index (Phi) is 7.10. The van der Waals surface area contributed by atoms with Gasteiger partial charge in [-0.05, 0) is 62.4 Å². The number of rotatable bonds is 6. The molecule has 2 aromatic carbocycles. The van der Waals surface area contributed by atoms with Crippen LogP contribution in [0.25, 0.3) is 0 Å². The first kappa shape index (κ1) is 25.1. The first-order valence-electron chi connectivity index (χ1n) is 11.9. The van der Waals surface area contributed by atoms with E-state index in [1.54, 1.807) is 24.3 Å². The van der Waals surface area contributed by atoms with E-state index in [1.165, 1.54) is 9.21 Å². The standard InChI is InChI=1S/C26H31N3O5S/c1-17-14-18(2)25(19(3)15-17)35(33,34)28-12-10-21(11-13-28)26(32)27-22-6-4-20(5-7-22)16-29-23(30)8-9-24(29)31/h4-7,14-15,21H,8-13,16H2,1-3H3,(H,27,32). The number of amides is 3. The quantitative estimate of drug-likeness (QED) is 0.617. The van der Waals surface area contributed by atoms with Crippen molar-refractivity contribution in [1.29, 1.82) is 0 Å². The molecule has 0 saturated carbocycles. The van der Waals surface area contributed by atoms with Crippen LogP contribution in [-0.4, -0.2) is 48.4 Å². The number of hydrogen-bond donors (Lipinski definition) is 1. The minimum absolute atomic E-state index is 0.137. The number of sulfonamides is 1.